The third kappa shape index (κ3) is 5.72. The van der Waals surface area contributed by atoms with E-state index >= 15 is 0 Å². The molecule has 0 saturated heterocycles. The summed E-state index contributed by atoms with van der Waals surface area (Å²) in [6.07, 6.45) is 0. The average Bonchev–Trinajstić information content (AvgIpc) is 4.17. The number of aromatic nitrogens is 6. The van der Waals surface area contributed by atoms with E-state index in [1.807, 2.05) is 12.1 Å². The van der Waals surface area contributed by atoms with E-state index in [-0.39, 0.29) is 0 Å². The first-order valence-corrected chi connectivity index (χ1v) is 23.6. The molecule has 10 aromatic carbocycles. The Morgan fingerprint density at radius 2 is 0.786 bits per heavy atom. The first-order valence-electron chi connectivity index (χ1n) is 23.6. The minimum Gasteiger partial charge on any atom is -0.456 e. The minimum absolute atomic E-state index is 0.540. The zero-order chi connectivity index (χ0) is 45.9. The highest BCUT2D eigenvalue weighted by Crippen LogP contribution is 2.42. The van der Waals surface area contributed by atoms with Gasteiger partial charge in [-0.1, -0.05) is 140 Å². The molecule has 0 atom stereocenters. The summed E-state index contributed by atoms with van der Waals surface area (Å²) >= 11 is 0. The molecule has 0 aliphatic heterocycles. The third-order valence-electron chi connectivity index (χ3n) is 14.1. The van der Waals surface area contributed by atoms with Crippen LogP contribution in [0, 0.1) is 0 Å². The molecule has 7 heteroatoms. The van der Waals surface area contributed by atoms with Gasteiger partial charge in [-0.05, 0) is 102 Å². The molecule has 0 N–H and O–H groups in total. The maximum absolute atomic E-state index is 6.61. The van der Waals surface area contributed by atoms with Gasteiger partial charge >= 0.3 is 0 Å². The fourth-order valence-electron chi connectivity index (χ4n) is 11.0. The zero-order valence-corrected chi connectivity index (χ0v) is 37.5. The highest BCUT2D eigenvalue weighted by molar-refractivity contribution is 6.19. The van der Waals surface area contributed by atoms with E-state index in [4.69, 9.17) is 19.4 Å². The Bertz CT molecular complexity index is 4530. The lowest BCUT2D eigenvalue weighted by molar-refractivity contribution is 0.669. The van der Waals surface area contributed by atoms with Gasteiger partial charge in [-0.3, -0.25) is 4.57 Å². The fraction of sp³-hybridized carbons (Fsp3) is 0. The third-order valence-corrected chi connectivity index (χ3v) is 14.1. The zero-order valence-electron chi connectivity index (χ0n) is 37.5. The van der Waals surface area contributed by atoms with Gasteiger partial charge in [-0.2, -0.15) is 9.97 Å². The highest BCUT2D eigenvalue weighted by atomic mass is 16.3. The van der Waals surface area contributed by atoms with Crippen molar-refractivity contribution in [3.8, 4) is 51.2 Å². The van der Waals surface area contributed by atoms with Crippen LogP contribution in [0.4, 0.5) is 0 Å². The molecule has 0 unspecified atom stereocenters. The van der Waals surface area contributed by atoms with E-state index in [0.29, 0.717) is 17.6 Å². The van der Waals surface area contributed by atoms with Gasteiger partial charge in [0.15, 0.2) is 11.6 Å². The SMILES string of the molecule is c1ccc(-c2cccc3oc4cc(-c5nc(-c6ccc(-n7c8ccccc8c8cc9c%10ccccc%10n(-c%10ccccc%10)c9cc87)cc6)nc(-n6c7ccccc7c7ccccc76)n5)ccc4c23)cc1. The van der Waals surface area contributed by atoms with Crippen LogP contribution < -0.4 is 0 Å². The molecule has 0 fully saturated rings. The van der Waals surface area contributed by atoms with Crippen molar-refractivity contribution in [2.45, 2.75) is 0 Å². The van der Waals surface area contributed by atoms with Crippen LogP contribution in [-0.4, -0.2) is 28.7 Å². The van der Waals surface area contributed by atoms with Crippen molar-refractivity contribution in [2.75, 3.05) is 0 Å². The van der Waals surface area contributed by atoms with E-state index in [0.717, 1.165) is 93.9 Å². The Balaban J connectivity index is 0.917. The second kappa shape index (κ2) is 15.0. The van der Waals surface area contributed by atoms with Crippen LogP contribution in [0.5, 0.6) is 0 Å². The summed E-state index contributed by atoms with van der Waals surface area (Å²) in [4.78, 5) is 15.9. The van der Waals surface area contributed by atoms with Gasteiger partial charge in [0.05, 0.1) is 33.1 Å². The average molecular weight is 895 g/mol. The van der Waals surface area contributed by atoms with Crippen molar-refractivity contribution in [2.24, 2.45) is 0 Å². The fourth-order valence-corrected chi connectivity index (χ4v) is 11.0. The normalized spacial score (nSPS) is 12.0. The van der Waals surface area contributed by atoms with Crippen LogP contribution in [0.15, 0.2) is 235 Å². The van der Waals surface area contributed by atoms with Gasteiger partial charge in [0, 0.05) is 65.6 Å². The molecule has 0 aliphatic carbocycles. The molecule has 15 rings (SSSR count). The maximum Gasteiger partial charge on any atom is 0.238 e. The second-order valence-electron chi connectivity index (χ2n) is 18.0. The summed E-state index contributed by atoms with van der Waals surface area (Å²) in [7, 11) is 0. The van der Waals surface area contributed by atoms with Gasteiger partial charge in [-0.25, -0.2) is 4.98 Å². The van der Waals surface area contributed by atoms with Gasteiger partial charge in [0.2, 0.25) is 5.95 Å². The van der Waals surface area contributed by atoms with Gasteiger partial charge in [0.1, 0.15) is 11.2 Å². The summed E-state index contributed by atoms with van der Waals surface area (Å²) in [5.41, 5.74) is 14.4. The lowest BCUT2D eigenvalue weighted by Gasteiger charge is -2.12. The molecule has 7 nitrogen and oxygen atoms in total. The number of benzene rings is 10. The number of hydrogen-bond donors (Lipinski definition) is 0. The van der Waals surface area contributed by atoms with Gasteiger partial charge in [-0.15, -0.1) is 0 Å². The smallest absolute Gasteiger partial charge is 0.238 e. The van der Waals surface area contributed by atoms with Crippen molar-refractivity contribution in [1.82, 2.24) is 28.7 Å². The first-order chi connectivity index (χ1) is 34.7. The Labute approximate surface area is 400 Å². The largest absolute Gasteiger partial charge is 0.456 e. The molecule has 0 saturated carbocycles. The lowest BCUT2D eigenvalue weighted by atomic mass is 9.99. The van der Waals surface area contributed by atoms with E-state index in [9.17, 15) is 0 Å². The summed E-state index contributed by atoms with van der Waals surface area (Å²) < 4.78 is 13.5. The van der Waals surface area contributed by atoms with Gasteiger partial charge < -0.3 is 13.6 Å². The first kappa shape index (κ1) is 38.5. The molecule has 0 spiro atoms. The minimum atomic E-state index is 0.540. The molecule has 0 aliphatic rings. The summed E-state index contributed by atoms with van der Waals surface area (Å²) in [5, 5.41) is 9.27. The quantitative estimate of drug-likeness (QED) is 0.167. The van der Waals surface area contributed by atoms with E-state index in [1.54, 1.807) is 0 Å². The highest BCUT2D eigenvalue weighted by Gasteiger charge is 2.22. The Kier molecular flexibility index (Phi) is 8.23. The Hall–Kier alpha value is -9.59. The van der Waals surface area contributed by atoms with Crippen LogP contribution in [-0.2, 0) is 0 Å². The summed E-state index contributed by atoms with van der Waals surface area (Å²) in [5.74, 6) is 1.66. The van der Waals surface area contributed by atoms with Crippen molar-refractivity contribution in [3.05, 3.63) is 231 Å². The van der Waals surface area contributed by atoms with Gasteiger partial charge in [0.25, 0.3) is 0 Å². The summed E-state index contributed by atoms with van der Waals surface area (Å²) in [6, 6.07) is 81.4. The molecule has 0 amide bonds. The molecular weight excluding hydrogens is 857 g/mol. The monoisotopic (exact) mass is 894 g/mol. The van der Waals surface area contributed by atoms with E-state index in [2.05, 4.69) is 232 Å². The van der Waals surface area contributed by atoms with E-state index < -0.39 is 0 Å². The molecule has 0 bridgehead atoms. The molecule has 70 heavy (non-hydrogen) atoms. The Morgan fingerprint density at radius 1 is 0.286 bits per heavy atom. The number of rotatable bonds is 6. The van der Waals surface area contributed by atoms with Crippen molar-refractivity contribution >= 4 is 87.4 Å². The predicted molar refractivity (Wildman–Crippen MR) is 286 cm³/mol. The predicted octanol–water partition coefficient (Wildman–Crippen LogP) is 16.1. The Morgan fingerprint density at radius 3 is 1.40 bits per heavy atom. The van der Waals surface area contributed by atoms with E-state index in [1.165, 1.54) is 27.1 Å². The molecule has 5 aromatic heterocycles. The number of furan rings is 1. The number of hydrogen-bond acceptors (Lipinski definition) is 4. The van der Waals surface area contributed by atoms with Crippen LogP contribution in [0.25, 0.3) is 139 Å². The number of fused-ring (bicyclic) bond motifs is 12. The van der Waals surface area contributed by atoms with Crippen molar-refractivity contribution in [3.63, 3.8) is 0 Å². The standard InChI is InChI=1S/C63H38N6O/c1-3-16-39(17-4-1)44-24-15-29-58-60(44)49-35-32-41(36-59(49)70-58)62-64-61(65-63(66-62)69-54-27-13-7-20-45(54)46-21-8-14-28-55(46)69)40-30-33-43(34-31-40)68-53-26-12-10-23-48(53)51-37-50-47-22-9-11-25-52(47)67(56(50)38-57(51)68)42-18-5-2-6-19-42/h1-38H. The van der Waals surface area contributed by atoms with Crippen molar-refractivity contribution < 1.29 is 4.42 Å². The lowest BCUT2D eigenvalue weighted by Crippen LogP contribution is -2.06. The molecule has 326 valence electrons. The molecule has 15 aromatic rings. The second-order valence-corrected chi connectivity index (χ2v) is 18.0. The molecular formula is C63H38N6O. The number of para-hydroxylation sites is 5. The molecule has 5 heterocycles. The summed E-state index contributed by atoms with van der Waals surface area (Å²) in [6.45, 7) is 0. The van der Waals surface area contributed by atoms with Crippen LogP contribution in [0.3, 0.4) is 0 Å². The van der Waals surface area contributed by atoms with Crippen molar-refractivity contribution in [1.29, 1.82) is 0 Å². The van der Waals surface area contributed by atoms with Crippen LogP contribution >= 0.6 is 0 Å². The number of nitrogens with zero attached hydrogens (tertiary/aromatic N) is 6. The van der Waals surface area contributed by atoms with Crippen LogP contribution in [0.2, 0.25) is 0 Å². The molecule has 0 radical (unpaired) electrons. The van der Waals surface area contributed by atoms with Crippen LogP contribution in [0.1, 0.15) is 0 Å². The maximum atomic E-state index is 6.61. The topological polar surface area (TPSA) is 66.6 Å².